The molecule has 5 heteroatoms. The summed E-state index contributed by atoms with van der Waals surface area (Å²) >= 11 is 21.4. The third-order valence-electron chi connectivity index (χ3n) is 2.29. The van der Waals surface area contributed by atoms with E-state index in [0.717, 1.165) is 5.56 Å². The van der Waals surface area contributed by atoms with Gasteiger partial charge in [-0.25, -0.2) is 0 Å². The zero-order valence-corrected chi connectivity index (χ0v) is 12.9. The lowest BCUT2D eigenvalue weighted by molar-refractivity contribution is 0.304. The lowest BCUT2D eigenvalue weighted by Gasteiger charge is -2.11. The molecule has 2 rings (SSSR count). The largest absolute Gasteiger partial charge is 0.486 e. The topological polar surface area (TPSA) is 9.23 Å². The second kappa shape index (κ2) is 6.16. The molecule has 94 valence electrons. The molecule has 0 unspecified atom stereocenters. The van der Waals surface area contributed by atoms with Gasteiger partial charge in [0.1, 0.15) is 6.61 Å². The molecule has 2 aromatic rings. The molecule has 0 fully saturated rings. The molecular formula is C13H8BrCl3O. The first-order valence-corrected chi connectivity index (χ1v) is 7.01. The average Bonchev–Trinajstić information content (AvgIpc) is 2.30. The molecule has 0 bridgehead atoms. The maximum atomic E-state index is 6.07. The number of hydrogen-bond donors (Lipinski definition) is 0. The fourth-order valence-corrected chi connectivity index (χ4v) is 2.99. The van der Waals surface area contributed by atoms with E-state index in [0.29, 0.717) is 31.9 Å². The molecule has 0 aliphatic heterocycles. The van der Waals surface area contributed by atoms with Crippen LogP contribution in [0.2, 0.25) is 15.1 Å². The van der Waals surface area contributed by atoms with Crippen molar-refractivity contribution >= 4 is 50.7 Å². The highest BCUT2D eigenvalue weighted by molar-refractivity contribution is 9.10. The molecule has 0 saturated carbocycles. The third-order valence-corrected chi connectivity index (χ3v) is 3.75. The predicted molar refractivity (Wildman–Crippen MR) is 79.9 cm³/mol. The van der Waals surface area contributed by atoms with Gasteiger partial charge in [-0.2, -0.15) is 0 Å². The van der Waals surface area contributed by atoms with E-state index in [9.17, 15) is 0 Å². The number of rotatable bonds is 3. The highest BCUT2D eigenvalue weighted by Gasteiger charge is 2.09. The summed E-state index contributed by atoms with van der Waals surface area (Å²) in [5, 5.41) is 1.68. The fourth-order valence-electron chi connectivity index (χ4n) is 1.43. The van der Waals surface area contributed by atoms with Crippen LogP contribution in [0.1, 0.15) is 5.56 Å². The van der Waals surface area contributed by atoms with Gasteiger partial charge in [-0.3, -0.25) is 0 Å². The van der Waals surface area contributed by atoms with Gasteiger partial charge in [0, 0.05) is 15.6 Å². The van der Waals surface area contributed by atoms with E-state index in [-0.39, 0.29) is 0 Å². The predicted octanol–water partition coefficient (Wildman–Crippen LogP) is 5.99. The molecular weight excluding hydrogens is 358 g/mol. The van der Waals surface area contributed by atoms with E-state index in [2.05, 4.69) is 15.9 Å². The van der Waals surface area contributed by atoms with Gasteiger partial charge < -0.3 is 4.74 Å². The fraction of sp³-hybridized carbons (Fsp3) is 0.0769. The van der Waals surface area contributed by atoms with Crippen LogP contribution in [0.25, 0.3) is 0 Å². The summed E-state index contributed by atoms with van der Waals surface area (Å²) in [6.07, 6.45) is 0. The summed E-state index contributed by atoms with van der Waals surface area (Å²) in [5.41, 5.74) is 0.900. The lowest BCUT2D eigenvalue weighted by Crippen LogP contribution is -1.97. The molecule has 0 radical (unpaired) electrons. The van der Waals surface area contributed by atoms with Gasteiger partial charge in [0.2, 0.25) is 0 Å². The highest BCUT2D eigenvalue weighted by Crippen LogP contribution is 2.36. The SMILES string of the molecule is Clc1cc(Cl)c(OCc2ccccc2Cl)c(Br)c1. The maximum absolute atomic E-state index is 6.07. The third kappa shape index (κ3) is 3.33. The van der Waals surface area contributed by atoms with Crippen LogP contribution in [0, 0.1) is 0 Å². The van der Waals surface area contributed by atoms with Crippen LogP contribution < -0.4 is 4.74 Å². The Labute approximate surface area is 129 Å². The van der Waals surface area contributed by atoms with Crippen LogP contribution in [0.5, 0.6) is 5.75 Å². The first kappa shape index (κ1) is 14.0. The van der Waals surface area contributed by atoms with E-state index >= 15 is 0 Å². The molecule has 0 amide bonds. The zero-order chi connectivity index (χ0) is 13.1. The van der Waals surface area contributed by atoms with Crippen molar-refractivity contribution in [2.75, 3.05) is 0 Å². The minimum Gasteiger partial charge on any atom is -0.486 e. The summed E-state index contributed by atoms with van der Waals surface area (Å²) in [7, 11) is 0. The molecule has 0 atom stereocenters. The van der Waals surface area contributed by atoms with Crippen molar-refractivity contribution in [1.82, 2.24) is 0 Å². The van der Waals surface area contributed by atoms with Crippen molar-refractivity contribution < 1.29 is 4.74 Å². The van der Waals surface area contributed by atoms with Crippen LogP contribution in [-0.2, 0) is 6.61 Å². The standard InChI is InChI=1S/C13H8BrCl3O/c14-10-5-9(15)6-12(17)13(10)18-7-8-3-1-2-4-11(8)16/h1-6H,7H2. The van der Waals surface area contributed by atoms with Crippen LogP contribution in [0.3, 0.4) is 0 Å². The van der Waals surface area contributed by atoms with Gasteiger partial charge >= 0.3 is 0 Å². The molecule has 2 aromatic carbocycles. The summed E-state index contributed by atoms with van der Waals surface area (Å²) in [4.78, 5) is 0. The highest BCUT2D eigenvalue weighted by atomic mass is 79.9. The minimum atomic E-state index is 0.347. The summed E-state index contributed by atoms with van der Waals surface area (Å²) in [6, 6.07) is 10.9. The Balaban J connectivity index is 2.19. The van der Waals surface area contributed by atoms with Crippen LogP contribution in [0.4, 0.5) is 0 Å². The number of hydrogen-bond acceptors (Lipinski definition) is 1. The first-order chi connectivity index (χ1) is 8.58. The first-order valence-electron chi connectivity index (χ1n) is 5.08. The Bertz CT molecular complexity index is 549. The molecule has 0 aliphatic carbocycles. The van der Waals surface area contributed by atoms with Gasteiger partial charge in [0.15, 0.2) is 5.75 Å². The summed E-state index contributed by atoms with van der Waals surface area (Å²) < 4.78 is 6.38. The molecule has 0 heterocycles. The number of ether oxygens (including phenoxy) is 1. The zero-order valence-electron chi connectivity index (χ0n) is 9.09. The van der Waals surface area contributed by atoms with Crippen molar-refractivity contribution in [3.05, 3.63) is 61.5 Å². The summed E-state index contributed by atoms with van der Waals surface area (Å²) in [5.74, 6) is 0.556. The molecule has 1 nitrogen and oxygen atoms in total. The quantitative estimate of drug-likeness (QED) is 0.648. The van der Waals surface area contributed by atoms with Crippen LogP contribution >= 0.6 is 50.7 Å². The maximum Gasteiger partial charge on any atom is 0.152 e. The number of halogens is 4. The normalized spacial score (nSPS) is 10.4. The van der Waals surface area contributed by atoms with Crippen molar-refractivity contribution in [3.63, 3.8) is 0 Å². The second-order valence-corrected chi connectivity index (χ2v) is 5.68. The Hall–Kier alpha value is -0.410. The van der Waals surface area contributed by atoms with Gasteiger partial charge in [-0.05, 0) is 34.1 Å². The van der Waals surface area contributed by atoms with Crippen LogP contribution in [-0.4, -0.2) is 0 Å². The summed E-state index contributed by atoms with van der Waals surface area (Å²) in [6.45, 7) is 0.347. The molecule has 0 spiro atoms. The molecule has 0 N–H and O–H groups in total. The molecule has 0 saturated heterocycles. The van der Waals surface area contributed by atoms with Crippen molar-refractivity contribution in [2.45, 2.75) is 6.61 Å². The monoisotopic (exact) mass is 364 g/mol. The van der Waals surface area contributed by atoms with E-state index in [1.165, 1.54) is 0 Å². The van der Waals surface area contributed by atoms with Gasteiger partial charge in [-0.15, -0.1) is 0 Å². The van der Waals surface area contributed by atoms with Gasteiger partial charge in [-0.1, -0.05) is 53.0 Å². The Kier molecular flexibility index (Phi) is 4.79. The van der Waals surface area contributed by atoms with Crippen molar-refractivity contribution in [3.8, 4) is 5.75 Å². The van der Waals surface area contributed by atoms with E-state index < -0.39 is 0 Å². The van der Waals surface area contributed by atoms with Crippen molar-refractivity contribution in [2.24, 2.45) is 0 Å². The van der Waals surface area contributed by atoms with E-state index in [1.54, 1.807) is 12.1 Å². The molecule has 0 aliphatic rings. The second-order valence-electron chi connectivity index (χ2n) is 3.58. The molecule has 18 heavy (non-hydrogen) atoms. The Morgan fingerprint density at radius 1 is 1.00 bits per heavy atom. The van der Waals surface area contributed by atoms with Crippen LogP contribution in [0.15, 0.2) is 40.9 Å². The van der Waals surface area contributed by atoms with E-state index in [1.807, 2.05) is 24.3 Å². The Morgan fingerprint density at radius 2 is 1.72 bits per heavy atom. The van der Waals surface area contributed by atoms with Crippen molar-refractivity contribution in [1.29, 1.82) is 0 Å². The molecule has 0 aromatic heterocycles. The Morgan fingerprint density at radius 3 is 2.39 bits per heavy atom. The van der Waals surface area contributed by atoms with Gasteiger partial charge in [0.25, 0.3) is 0 Å². The average molecular weight is 366 g/mol. The van der Waals surface area contributed by atoms with Gasteiger partial charge in [0.05, 0.1) is 9.50 Å². The smallest absolute Gasteiger partial charge is 0.152 e. The lowest BCUT2D eigenvalue weighted by atomic mass is 10.2. The minimum absolute atomic E-state index is 0.347. The van der Waals surface area contributed by atoms with E-state index in [4.69, 9.17) is 39.5 Å². The number of benzene rings is 2.